The van der Waals surface area contributed by atoms with Crippen molar-refractivity contribution in [2.75, 3.05) is 6.61 Å². The van der Waals surface area contributed by atoms with Crippen LogP contribution in [-0.2, 0) is 6.42 Å². The lowest BCUT2D eigenvalue weighted by atomic mass is 10.0. The summed E-state index contributed by atoms with van der Waals surface area (Å²) in [5.41, 5.74) is 2.15. The quantitative estimate of drug-likeness (QED) is 0.730. The number of fused-ring (bicyclic) bond motifs is 1. The molecule has 0 N–H and O–H groups in total. The van der Waals surface area contributed by atoms with Crippen LogP contribution in [0.25, 0.3) is 0 Å². The SMILES string of the molecule is O=C(c1ccc2c(c1)CCO2)c1ccncn1. The summed E-state index contributed by atoms with van der Waals surface area (Å²) in [6.45, 7) is 0.695. The van der Waals surface area contributed by atoms with Crippen LogP contribution in [0.1, 0.15) is 21.6 Å². The normalized spacial score (nSPS) is 12.9. The van der Waals surface area contributed by atoms with E-state index in [2.05, 4.69) is 9.97 Å². The Hall–Kier alpha value is -2.23. The topological polar surface area (TPSA) is 52.1 Å². The summed E-state index contributed by atoms with van der Waals surface area (Å²) < 4.78 is 5.40. The molecule has 2 aromatic rings. The fourth-order valence-electron chi connectivity index (χ4n) is 1.90. The largest absolute Gasteiger partial charge is 0.493 e. The highest BCUT2D eigenvalue weighted by molar-refractivity contribution is 6.07. The van der Waals surface area contributed by atoms with Gasteiger partial charge in [0.25, 0.3) is 0 Å². The molecule has 0 saturated carbocycles. The van der Waals surface area contributed by atoms with Gasteiger partial charge in [0.1, 0.15) is 17.8 Å². The number of carbonyl (C=O) groups excluding carboxylic acids is 1. The molecule has 0 radical (unpaired) electrons. The molecule has 2 heterocycles. The van der Waals surface area contributed by atoms with E-state index in [9.17, 15) is 4.79 Å². The number of hydrogen-bond donors (Lipinski definition) is 0. The minimum Gasteiger partial charge on any atom is -0.493 e. The maximum absolute atomic E-state index is 12.1. The molecule has 4 nitrogen and oxygen atoms in total. The summed E-state index contributed by atoms with van der Waals surface area (Å²) in [5.74, 6) is 0.798. The number of ketones is 1. The average Bonchev–Trinajstić information content (AvgIpc) is 2.86. The summed E-state index contributed by atoms with van der Waals surface area (Å²) >= 11 is 0. The Morgan fingerprint density at radius 1 is 1.29 bits per heavy atom. The Labute approximate surface area is 98.3 Å². The maximum Gasteiger partial charge on any atom is 0.211 e. The summed E-state index contributed by atoms with van der Waals surface area (Å²) in [6.07, 6.45) is 3.81. The molecular weight excluding hydrogens is 216 g/mol. The highest BCUT2D eigenvalue weighted by atomic mass is 16.5. The number of aromatic nitrogens is 2. The number of rotatable bonds is 2. The molecule has 0 atom stereocenters. The first-order chi connectivity index (χ1) is 8.34. The van der Waals surface area contributed by atoms with Gasteiger partial charge in [0.15, 0.2) is 0 Å². The number of benzene rings is 1. The number of nitrogens with zero attached hydrogens (tertiary/aromatic N) is 2. The van der Waals surface area contributed by atoms with Crippen molar-refractivity contribution in [2.45, 2.75) is 6.42 Å². The van der Waals surface area contributed by atoms with Gasteiger partial charge < -0.3 is 4.74 Å². The molecule has 4 heteroatoms. The van der Waals surface area contributed by atoms with E-state index >= 15 is 0 Å². The Bertz CT molecular complexity index is 567. The minimum atomic E-state index is -0.0814. The molecule has 1 aliphatic rings. The predicted molar refractivity (Wildman–Crippen MR) is 61.1 cm³/mol. The van der Waals surface area contributed by atoms with E-state index in [-0.39, 0.29) is 5.78 Å². The molecule has 3 rings (SSSR count). The van der Waals surface area contributed by atoms with Crippen molar-refractivity contribution >= 4 is 5.78 Å². The molecule has 0 saturated heterocycles. The fourth-order valence-corrected chi connectivity index (χ4v) is 1.90. The molecular formula is C13H10N2O2. The predicted octanol–water partition coefficient (Wildman–Crippen LogP) is 1.64. The lowest BCUT2D eigenvalue weighted by molar-refractivity contribution is 0.103. The Morgan fingerprint density at radius 2 is 2.24 bits per heavy atom. The third-order valence-electron chi connectivity index (χ3n) is 2.77. The summed E-state index contributed by atoms with van der Waals surface area (Å²) in [7, 11) is 0. The van der Waals surface area contributed by atoms with E-state index in [1.807, 2.05) is 12.1 Å². The standard InChI is InChI=1S/C13H10N2O2/c16-13(11-3-5-14-8-15-11)10-1-2-12-9(7-10)4-6-17-12/h1-3,5,7-8H,4,6H2. The molecule has 0 amide bonds. The van der Waals surface area contributed by atoms with Crippen LogP contribution < -0.4 is 4.74 Å². The van der Waals surface area contributed by atoms with E-state index in [1.165, 1.54) is 6.33 Å². The van der Waals surface area contributed by atoms with Gasteiger partial charge in [-0.05, 0) is 29.8 Å². The second kappa shape index (κ2) is 3.97. The van der Waals surface area contributed by atoms with E-state index in [4.69, 9.17) is 4.74 Å². The molecule has 0 unspecified atom stereocenters. The molecule has 84 valence electrons. The summed E-state index contributed by atoms with van der Waals surface area (Å²) in [6, 6.07) is 7.12. The van der Waals surface area contributed by atoms with Crippen LogP contribution in [0.5, 0.6) is 5.75 Å². The van der Waals surface area contributed by atoms with Gasteiger partial charge in [0.05, 0.1) is 6.61 Å². The molecule has 1 aromatic heterocycles. The van der Waals surface area contributed by atoms with Crippen LogP contribution in [0.15, 0.2) is 36.8 Å². The molecule has 1 aromatic carbocycles. The van der Waals surface area contributed by atoms with Gasteiger partial charge in [-0.2, -0.15) is 0 Å². The van der Waals surface area contributed by atoms with E-state index in [0.29, 0.717) is 17.9 Å². The van der Waals surface area contributed by atoms with Crippen LogP contribution in [0.3, 0.4) is 0 Å². The van der Waals surface area contributed by atoms with Gasteiger partial charge in [-0.1, -0.05) is 0 Å². The van der Waals surface area contributed by atoms with Gasteiger partial charge >= 0.3 is 0 Å². The molecule has 0 spiro atoms. The molecule has 1 aliphatic heterocycles. The van der Waals surface area contributed by atoms with Crippen molar-refractivity contribution in [3.63, 3.8) is 0 Å². The van der Waals surface area contributed by atoms with Crippen molar-refractivity contribution < 1.29 is 9.53 Å². The highest BCUT2D eigenvalue weighted by Crippen LogP contribution is 2.26. The van der Waals surface area contributed by atoms with E-state index in [0.717, 1.165) is 17.7 Å². The van der Waals surface area contributed by atoms with Crippen molar-refractivity contribution in [1.29, 1.82) is 0 Å². The summed E-state index contributed by atoms with van der Waals surface area (Å²) in [4.78, 5) is 19.9. The summed E-state index contributed by atoms with van der Waals surface area (Å²) in [5, 5.41) is 0. The number of carbonyl (C=O) groups is 1. The van der Waals surface area contributed by atoms with Gasteiger partial charge in [-0.25, -0.2) is 9.97 Å². The van der Waals surface area contributed by atoms with Crippen molar-refractivity contribution in [1.82, 2.24) is 9.97 Å². The first-order valence-electron chi connectivity index (χ1n) is 5.41. The maximum atomic E-state index is 12.1. The van der Waals surface area contributed by atoms with Gasteiger partial charge in [0, 0.05) is 18.2 Å². The van der Waals surface area contributed by atoms with Gasteiger partial charge in [-0.15, -0.1) is 0 Å². The van der Waals surface area contributed by atoms with E-state index < -0.39 is 0 Å². The zero-order valence-corrected chi connectivity index (χ0v) is 9.09. The van der Waals surface area contributed by atoms with E-state index in [1.54, 1.807) is 18.3 Å². The van der Waals surface area contributed by atoms with Crippen LogP contribution >= 0.6 is 0 Å². The van der Waals surface area contributed by atoms with Crippen molar-refractivity contribution in [3.8, 4) is 5.75 Å². The first kappa shape index (κ1) is 9.96. The van der Waals surface area contributed by atoms with Crippen LogP contribution in [0, 0.1) is 0 Å². The molecule has 0 aliphatic carbocycles. The van der Waals surface area contributed by atoms with Crippen LogP contribution in [0.4, 0.5) is 0 Å². The van der Waals surface area contributed by atoms with Crippen molar-refractivity contribution in [3.05, 3.63) is 53.6 Å². The molecule has 0 fully saturated rings. The molecule has 17 heavy (non-hydrogen) atoms. The smallest absolute Gasteiger partial charge is 0.211 e. The van der Waals surface area contributed by atoms with Crippen LogP contribution in [-0.4, -0.2) is 22.4 Å². The minimum absolute atomic E-state index is 0.0814. The number of ether oxygens (including phenoxy) is 1. The molecule has 0 bridgehead atoms. The Kier molecular flexibility index (Phi) is 2.33. The lowest BCUT2D eigenvalue weighted by Crippen LogP contribution is -2.04. The lowest BCUT2D eigenvalue weighted by Gasteiger charge is -2.02. The zero-order chi connectivity index (χ0) is 11.7. The highest BCUT2D eigenvalue weighted by Gasteiger charge is 2.16. The second-order valence-corrected chi connectivity index (χ2v) is 3.84. The number of hydrogen-bond acceptors (Lipinski definition) is 4. The van der Waals surface area contributed by atoms with Gasteiger partial charge in [-0.3, -0.25) is 4.79 Å². The first-order valence-corrected chi connectivity index (χ1v) is 5.41. The Balaban J connectivity index is 1.97. The monoisotopic (exact) mass is 226 g/mol. The van der Waals surface area contributed by atoms with Gasteiger partial charge in [0.2, 0.25) is 5.78 Å². The average molecular weight is 226 g/mol. The fraction of sp³-hybridized carbons (Fsp3) is 0.154. The third-order valence-corrected chi connectivity index (χ3v) is 2.77. The van der Waals surface area contributed by atoms with Crippen molar-refractivity contribution in [2.24, 2.45) is 0 Å². The Morgan fingerprint density at radius 3 is 3.06 bits per heavy atom. The third kappa shape index (κ3) is 1.78. The second-order valence-electron chi connectivity index (χ2n) is 3.84. The zero-order valence-electron chi connectivity index (χ0n) is 9.09. The van der Waals surface area contributed by atoms with Crippen LogP contribution in [0.2, 0.25) is 0 Å².